The number of likely N-dealkylation sites (tertiary alicyclic amines) is 1. The summed E-state index contributed by atoms with van der Waals surface area (Å²) in [5.74, 6) is 1.11. The summed E-state index contributed by atoms with van der Waals surface area (Å²) < 4.78 is 5.21. The molecule has 3 aliphatic carbocycles. The van der Waals surface area contributed by atoms with Gasteiger partial charge in [0.2, 0.25) is 11.8 Å². The van der Waals surface area contributed by atoms with Gasteiger partial charge in [-0.1, -0.05) is 12.2 Å². The van der Waals surface area contributed by atoms with Crippen LogP contribution in [0.1, 0.15) is 32.6 Å². The van der Waals surface area contributed by atoms with Crippen LogP contribution in [0.15, 0.2) is 17.1 Å². The maximum atomic E-state index is 12.7. The molecule has 0 radical (unpaired) electrons. The molecule has 4 aliphatic rings. The fourth-order valence-corrected chi connectivity index (χ4v) is 5.04. The highest BCUT2D eigenvalue weighted by atomic mass is 16.5. The molecular weight excluding hydrogens is 356 g/mol. The molecular formula is C21H32N4O3. The molecule has 0 aromatic heterocycles. The Balaban J connectivity index is 1.29. The number of nitrogens with one attached hydrogen (secondary N) is 2. The van der Waals surface area contributed by atoms with Gasteiger partial charge in [-0.2, -0.15) is 0 Å². The topological polar surface area (TPSA) is 83.0 Å². The molecule has 3 fully saturated rings. The number of nitrogens with zero attached hydrogens (tertiary/aromatic N) is 2. The van der Waals surface area contributed by atoms with E-state index in [-0.39, 0.29) is 35.5 Å². The highest BCUT2D eigenvalue weighted by Crippen LogP contribution is 2.52. The number of hydrogen-bond donors (Lipinski definition) is 2. The zero-order chi connectivity index (χ0) is 19.7. The number of ether oxygens (including phenoxy) is 1. The lowest BCUT2D eigenvalue weighted by Crippen LogP contribution is -2.44. The first-order valence-electron chi connectivity index (χ1n) is 10.6. The third-order valence-corrected chi connectivity index (χ3v) is 6.90. The second-order valence-corrected chi connectivity index (χ2v) is 8.69. The summed E-state index contributed by atoms with van der Waals surface area (Å²) in [7, 11) is 1.74. The van der Waals surface area contributed by atoms with Gasteiger partial charge in [-0.25, -0.2) is 0 Å². The Bertz CT molecular complexity index is 655. The minimum absolute atomic E-state index is 0.0205. The molecule has 2 saturated carbocycles. The van der Waals surface area contributed by atoms with Crippen LogP contribution < -0.4 is 10.6 Å². The average molecular weight is 389 g/mol. The molecule has 7 heteroatoms. The second-order valence-electron chi connectivity index (χ2n) is 8.69. The Hall–Kier alpha value is -1.89. The zero-order valence-corrected chi connectivity index (χ0v) is 16.9. The van der Waals surface area contributed by atoms with Gasteiger partial charge < -0.3 is 15.4 Å². The van der Waals surface area contributed by atoms with Crippen molar-refractivity contribution < 1.29 is 14.3 Å². The number of carbonyl (C=O) groups excluding carboxylic acids is 2. The molecule has 154 valence electrons. The highest BCUT2D eigenvalue weighted by molar-refractivity contribution is 6.06. The first kappa shape index (κ1) is 19.4. The van der Waals surface area contributed by atoms with Crippen LogP contribution in [0.3, 0.4) is 0 Å². The smallest absolute Gasteiger partial charge is 0.233 e. The van der Waals surface area contributed by atoms with Crippen LogP contribution >= 0.6 is 0 Å². The van der Waals surface area contributed by atoms with Crippen LogP contribution in [0.2, 0.25) is 0 Å². The minimum Gasteiger partial charge on any atom is -0.385 e. The summed E-state index contributed by atoms with van der Waals surface area (Å²) in [6, 6.07) is 0. The standard InChI is InChI=1S/C21H32N4O3/c1-3-22-20(24-13-21(6-7-21)8-11-28-2)23-9-10-25-18(26)16-14-4-5-15(12-14)17(16)19(25)27/h4-5,14-17H,3,6-13H2,1-2H3,(H2,22,23,24). The average Bonchev–Trinajstić information content (AvgIpc) is 3.04. The maximum Gasteiger partial charge on any atom is 0.233 e. The normalized spacial score (nSPS) is 32.2. The van der Waals surface area contributed by atoms with E-state index in [0.717, 1.165) is 38.5 Å². The monoisotopic (exact) mass is 388 g/mol. The zero-order valence-electron chi connectivity index (χ0n) is 16.9. The molecule has 7 nitrogen and oxygen atoms in total. The van der Waals surface area contributed by atoms with E-state index >= 15 is 0 Å². The SMILES string of the molecule is CCNC(=NCC1(CCOC)CC1)NCCN1C(=O)C2C3C=CC(C3)C2C1=O. The Morgan fingerprint density at radius 1 is 1.21 bits per heavy atom. The summed E-state index contributed by atoms with van der Waals surface area (Å²) >= 11 is 0. The molecule has 4 unspecified atom stereocenters. The van der Waals surface area contributed by atoms with Gasteiger partial charge in [-0.15, -0.1) is 0 Å². The van der Waals surface area contributed by atoms with E-state index < -0.39 is 0 Å². The van der Waals surface area contributed by atoms with Crippen LogP contribution in [-0.2, 0) is 14.3 Å². The molecule has 1 saturated heterocycles. The van der Waals surface area contributed by atoms with Gasteiger partial charge in [0.05, 0.1) is 11.8 Å². The van der Waals surface area contributed by atoms with Gasteiger partial charge in [0.1, 0.15) is 0 Å². The van der Waals surface area contributed by atoms with Gasteiger partial charge in [-0.3, -0.25) is 19.5 Å². The minimum atomic E-state index is -0.111. The Morgan fingerprint density at radius 3 is 2.46 bits per heavy atom. The summed E-state index contributed by atoms with van der Waals surface area (Å²) in [6.07, 6.45) is 8.69. The summed E-state index contributed by atoms with van der Waals surface area (Å²) in [5.41, 5.74) is 0.295. The van der Waals surface area contributed by atoms with E-state index in [4.69, 9.17) is 9.73 Å². The summed E-state index contributed by atoms with van der Waals surface area (Å²) in [5, 5.41) is 6.55. The number of guanidine groups is 1. The van der Waals surface area contributed by atoms with Crippen LogP contribution in [-0.4, -0.2) is 62.6 Å². The third kappa shape index (κ3) is 3.56. The first-order valence-corrected chi connectivity index (χ1v) is 10.6. The Kier molecular flexibility index (Phi) is 5.45. The van der Waals surface area contributed by atoms with Crippen molar-refractivity contribution in [1.82, 2.24) is 15.5 Å². The lowest BCUT2D eigenvalue weighted by molar-refractivity contribution is -0.140. The lowest BCUT2D eigenvalue weighted by Gasteiger charge is -2.19. The Labute approximate surface area is 167 Å². The molecule has 28 heavy (non-hydrogen) atoms. The van der Waals surface area contributed by atoms with Crippen molar-refractivity contribution >= 4 is 17.8 Å². The highest BCUT2D eigenvalue weighted by Gasteiger charge is 2.58. The first-order chi connectivity index (χ1) is 13.6. The van der Waals surface area contributed by atoms with E-state index in [1.165, 1.54) is 17.7 Å². The third-order valence-electron chi connectivity index (χ3n) is 6.90. The van der Waals surface area contributed by atoms with Crippen LogP contribution in [0.5, 0.6) is 0 Å². The number of fused-ring (bicyclic) bond motifs is 5. The van der Waals surface area contributed by atoms with Crippen molar-refractivity contribution in [2.45, 2.75) is 32.6 Å². The molecule has 1 aliphatic heterocycles. The van der Waals surface area contributed by atoms with Crippen LogP contribution in [0, 0.1) is 29.1 Å². The van der Waals surface area contributed by atoms with E-state index in [1.807, 2.05) is 6.92 Å². The van der Waals surface area contributed by atoms with Crippen molar-refractivity contribution in [3.63, 3.8) is 0 Å². The van der Waals surface area contributed by atoms with E-state index in [2.05, 4.69) is 22.8 Å². The predicted molar refractivity (Wildman–Crippen MR) is 107 cm³/mol. The van der Waals surface area contributed by atoms with Crippen molar-refractivity contribution in [2.75, 3.05) is 39.9 Å². The largest absolute Gasteiger partial charge is 0.385 e. The summed E-state index contributed by atoms with van der Waals surface area (Å²) in [6.45, 7) is 5.30. The fourth-order valence-electron chi connectivity index (χ4n) is 5.04. The van der Waals surface area contributed by atoms with Gasteiger partial charge >= 0.3 is 0 Å². The van der Waals surface area contributed by atoms with Crippen molar-refractivity contribution in [3.05, 3.63) is 12.2 Å². The second kappa shape index (κ2) is 7.85. The van der Waals surface area contributed by atoms with Gasteiger partial charge in [-0.05, 0) is 49.9 Å². The predicted octanol–water partition coefficient (Wildman–Crippen LogP) is 1.17. The molecule has 0 aromatic carbocycles. The molecule has 4 rings (SSSR count). The summed E-state index contributed by atoms with van der Waals surface area (Å²) in [4.78, 5) is 31.7. The quantitative estimate of drug-likeness (QED) is 0.268. The molecule has 1 heterocycles. The molecule has 2 bridgehead atoms. The van der Waals surface area contributed by atoms with E-state index in [0.29, 0.717) is 18.5 Å². The number of methoxy groups -OCH3 is 1. The lowest BCUT2D eigenvalue weighted by atomic mass is 9.85. The van der Waals surface area contributed by atoms with Gasteiger partial charge in [0.25, 0.3) is 0 Å². The van der Waals surface area contributed by atoms with Crippen LogP contribution in [0.4, 0.5) is 0 Å². The number of carbonyl (C=O) groups is 2. The van der Waals surface area contributed by atoms with Crippen LogP contribution in [0.25, 0.3) is 0 Å². The number of amides is 2. The number of rotatable bonds is 9. The fraction of sp³-hybridized carbons (Fsp3) is 0.762. The van der Waals surface area contributed by atoms with Crippen molar-refractivity contribution in [1.29, 1.82) is 0 Å². The molecule has 4 atom stereocenters. The van der Waals surface area contributed by atoms with Crippen molar-refractivity contribution in [3.8, 4) is 0 Å². The molecule has 2 N–H and O–H groups in total. The number of allylic oxidation sites excluding steroid dienone is 2. The molecule has 0 spiro atoms. The van der Waals surface area contributed by atoms with Crippen molar-refractivity contribution in [2.24, 2.45) is 34.1 Å². The van der Waals surface area contributed by atoms with E-state index in [1.54, 1.807) is 7.11 Å². The number of hydrogen-bond acceptors (Lipinski definition) is 4. The maximum absolute atomic E-state index is 12.7. The van der Waals surface area contributed by atoms with Gasteiger partial charge in [0, 0.05) is 39.9 Å². The number of aliphatic imine (C=N–C) groups is 1. The molecule has 2 amide bonds. The Morgan fingerprint density at radius 2 is 1.89 bits per heavy atom. The van der Waals surface area contributed by atoms with Gasteiger partial charge in [0.15, 0.2) is 5.96 Å². The number of imide groups is 1. The molecule has 0 aromatic rings. The van der Waals surface area contributed by atoms with E-state index in [9.17, 15) is 9.59 Å².